The Bertz CT molecular complexity index is 401. The number of hydrogen-bond acceptors (Lipinski definition) is 4. The van der Waals surface area contributed by atoms with E-state index in [1.54, 1.807) is 6.07 Å². The number of piperidine rings is 1. The van der Waals surface area contributed by atoms with Crippen molar-refractivity contribution in [2.75, 3.05) is 25.0 Å². The Morgan fingerprint density at radius 1 is 1.56 bits per heavy atom. The van der Waals surface area contributed by atoms with E-state index in [1.807, 2.05) is 25.1 Å². The molecule has 1 aliphatic rings. The smallest absolute Gasteiger partial charge is 0.338 e. The van der Waals surface area contributed by atoms with Gasteiger partial charge in [-0.25, -0.2) is 4.79 Å². The third kappa shape index (κ3) is 3.47. The van der Waals surface area contributed by atoms with Gasteiger partial charge in [-0.15, -0.1) is 0 Å². The lowest BCUT2D eigenvalue weighted by molar-refractivity contribution is 0.0526. The van der Waals surface area contributed by atoms with E-state index in [1.165, 1.54) is 6.42 Å². The summed E-state index contributed by atoms with van der Waals surface area (Å²) >= 11 is 0. The lowest BCUT2D eigenvalue weighted by Crippen LogP contribution is -2.38. The first kappa shape index (κ1) is 12.9. The molecule has 2 rings (SSSR count). The van der Waals surface area contributed by atoms with E-state index in [9.17, 15) is 4.79 Å². The molecule has 1 fully saturated rings. The van der Waals surface area contributed by atoms with Gasteiger partial charge < -0.3 is 15.4 Å². The second-order valence-electron chi connectivity index (χ2n) is 4.49. The third-order valence-electron chi connectivity index (χ3n) is 3.04. The largest absolute Gasteiger partial charge is 0.462 e. The van der Waals surface area contributed by atoms with Crippen LogP contribution in [-0.2, 0) is 4.74 Å². The van der Waals surface area contributed by atoms with Gasteiger partial charge in [-0.3, -0.25) is 0 Å². The molecule has 0 aromatic heterocycles. The first-order chi connectivity index (χ1) is 8.79. The van der Waals surface area contributed by atoms with E-state index in [0.717, 1.165) is 25.2 Å². The third-order valence-corrected chi connectivity index (χ3v) is 3.04. The Labute approximate surface area is 108 Å². The summed E-state index contributed by atoms with van der Waals surface area (Å²) in [6.07, 6.45) is 2.35. The van der Waals surface area contributed by atoms with Gasteiger partial charge >= 0.3 is 5.97 Å². The molecule has 0 saturated carbocycles. The molecule has 0 spiro atoms. The minimum Gasteiger partial charge on any atom is -0.462 e. The Kier molecular flexibility index (Phi) is 4.59. The molecule has 1 saturated heterocycles. The SMILES string of the molecule is CCOC(=O)c1cccc(NC2CCCNC2)c1. The van der Waals surface area contributed by atoms with Crippen molar-refractivity contribution in [1.82, 2.24) is 5.32 Å². The molecular formula is C14H20N2O2. The first-order valence-electron chi connectivity index (χ1n) is 6.54. The van der Waals surface area contributed by atoms with E-state index in [0.29, 0.717) is 18.2 Å². The van der Waals surface area contributed by atoms with Gasteiger partial charge in [0.2, 0.25) is 0 Å². The van der Waals surface area contributed by atoms with Gasteiger partial charge in [0.25, 0.3) is 0 Å². The van der Waals surface area contributed by atoms with Crippen molar-refractivity contribution in [2.45, 2.75) is 25.8 Å². The number of carbonyl (C=O) groups excluding carboxylic acids is 1. The summed E-state index contributed by atoms with van der Waals surface area (Å²) in [5.74, 6) is -0.261. The summed E-state index contributed by atoms with van der Waals surface area (Å²) in [5.41, 5.74) is 1.58. The standard InChI is InChI=1S/C14H20N2O2/c1-2-18-14(17)11-5-3-6-12(9-11)16-13-7-4-8-15-10-13/h3,5-6,9,13,15-16H,2,4,7-8,10H2,1H3. The van der Waals surface area contributed by atoms with Gasteiger partial charge in [-0.05, 0) is 44.5 Å². The van der Waals surface area contributed by atoms with Crippen LogP contribution in [0.15, 0.2) is 24.3 Å². The summed E-state index contributed by atoms with van der Waals surface area (Å²) in [6.45, 7) is 4.29. The molecule has 2 N–H and O–H groups in total. The Morgan fingerprint density at radius 3 is 3.17 bits per heavy atom. The molecule has 1 aromatic carbocycles. The van der Waals surface area contributed by atoms with Gasteiger partial charge in [-0.1, -0.05) is 6.07 Å². The molecule has 1 aromatic rings. The summed E-state index contributed by atoms with van der Waals surface area (Å²) in [5, 5.41) is 6.81. The van der Waals surface area contributed by atoms with Crippen LogP contribution >= 0.6 is 0 Å². The maximum absolute atomic E-state index is 11.6. The van der Waals surface area contributed by atoms with Crippen molar-refractivity contribution < 1.29 is 9.53 Å². The quantitative estimate of drug-likeness (QED) is 0.800. The molecule has 1 atom stereocenters. The number of ether oxygens (including phenoxy) is 1. The van der Waals surface area contributed by atoms with Crippen LogP contribution in [0.4, 0.5) is 5.69 Å². The van der Waals surface area contributed by atoms with Crippen LogP contribution in [0.2, 0.25) is 0 Å². The monoisotopic (exact) mass is 248 g/mol. The highest BCUT2D eigenvalue weighted by molar-refractivity contribution is 5.90. The van der Waals surface area contributed by atoms with Gasteiger partial charge in [0.1, 0.15) is 0 Å². The molecule has 4 nitrogen and oxygen atoms in total. The molecule has 1 heterocycles. The summed E-state index contributed by atoms with van der Waals surface area (Å²) in [6, 6.07) is 7.94. The lowest BCUT2D eigenvalue weighted by atomic mass is 10.1. The number of rotatable bonds is 4. The number of anilines is 1. The molecule has 1 aliphatic heterocycles. The minimum absolute atomic E-state index is 0.261. The van der Waals surface area contributed by atoms with Crippen molar-refractivity contribution in [3.8, 4) is 0 Å². The number of esters is 1. The van der Waals surface area contributed by atoms with Crippen LogP contribution in [0.1, 0.15) is 30.1 Å². The van der Waals surface area contributed by atoms with E-state index >= 15 is 0 Å². The van der Waals surface area contributed by atoms with Gasteiger partial charge in [0, 0.05) is 18.3 Å². The maximum Gasteiger partial charge on any atom is 0.338 e. The van der Waals surface area contributed by atoms with Crippen molar-refractivity contribution in [1.29, 1.82) is 0 Å². The average molecular weight is 248 g/mol. The van der Waals surface area contributed by atoms with Crippen LogP contribution in [0.3, 0.4) is 0 Å². The number of hydrogen-bond donors (Lipinski definition) is 2. The van der Waals surface area contributed by atoms with Gasteiger partial charge in [0.15, 0.2) is 0 Å². The first-order valence-corrected chi connectivity index (χ1v) is 6.54. The van der Waals surface area contributed by atoms with Crippen molar-refractivity contribution in [3.63, 3.8) is 0 Å². The molecule has 0 amide bonds. The minimum atomic E-state index is -0.261. The zero-order valence-electron chi connectivity index (χ0n) is 10.7. The molecule has 98 valence electrons. The lowest BCUT2D eigenvalue weighted by Gasteiger charge is -2.24. The molecule has 0 radical (unpaired) electrons. The molecule has 0 bridgehead atoms. The molecular weight excluding hydrogens is 228 g/mol. The number of benzene rings is 1. The molecule has 18 heavy (non-hydrogen) atoms. The van der Waals surface area contributed by atoms with Crippen molar-refractivity contribution in [3.05, 3.63) is 29.8 Å². The highest BCUT2D eigenvalue weighted by Gasteiger charge is 2.13. The van der Waals surface area contributed by atoms with Crippen molar-refractivity contribution >= 4 is 11.7 Å². The predicted octanol–water partition coefficient (Wildman–Crippen LogP) is 2.03. The maximum atomic E-state index is 11.6. The van der Waals surface area contributed by atoms with Crippen LogP contribution in [0.25, 0.3) is 0 Å². The van der Waals surface area contributed by atoms with Gasteiger partial charge in [0.05, 0.1) is 12.2 Å². The second kappa shape index (κ2) is 6.40. The molecule has 0 aliphatic carbocycles. The van der Waals surface area contributed by atoms with Crippen molar-refractivity contribution in [2.24, 2.45) is 0 Å². The predicted molar refractivity (Wildman–Crippen MR) is 71.9 cm³/mol. The normalized spacial score (nSPS) is 19.3. The zero-order valence-corrected chi connectivity index (χ0v) is 10.7. The van der Waals surface area contributed by atoms with E-state index in [2.05, 4.69) is 10.6 Å². The number of nitrogens with one attached hydrogen (secondary N) is 2. The van der Waals surface area contributed by atoms with Gasteiger partial charge in [-0.2, -0.15) is 0 Å². The highest BCUT2D eigenvalue weighted by Crippen LogP contribution is 2.15. The van der Waals surface area contributed by atoms with Crippen LogP contribution in [0, 0.1) is 0 Å². The zero-order chi connectivity index (χ0) is 12.8. The van der Waals surface area contributed by atoms with E-state index in [-0.39, 0.29) is 5.97 Å². The summed E-state index contributed by atoms with van der Waals surface area (Å²) in [4.78, 5) is 11.6. The summed E-state index contributed by atoms with van der Waals surface area (Å²) < 4.78 is 4.99. The second-order valence-corrected chi connectivity index (χ2v) is 4.49. The number of carbonyl (C=O) groups is 1. The fourth-order valence-corrected chi connectivity index (χ4v) is 2.16. The fourth-order valence-electron chi connectivity index (χ4n) is 2.16. The topological polar surface area (TPSA) is 50.4 Å². The Morgan fingerprint density at radius 2 is 2.44 bits per heavy atom. The highest BCUT2D eigenvalue weighted by atomic mass is 16.5. The van der Waals surface area contributed by atoms with Crippen LogP contribution < -0.4 is 10.6 Å². The van der Waals surface area contributed by atoms with Crippen LogP contribution in [0.5, 0.6) is 0 Å². The molecule has 1 unspecified atom stereocenters. The molecule has 4 heteroatoms. The summed E-state index contributed by atoms with van der Waals surface area (Å²) in [7, 11) is 0. The average Bonchev–Trinajstić information content (AvgIpc) is 2.40. The Hall–Kier alpha value is -1.55. The van der Waals surface area contributed by atoms with E-state index in [4.69, 9.17) is 4.74 Å². The Balaban J connectivity index is 2.00. The fraction of sp³-hybridized carbons (Fsp3) is 0.500. The van der Waals surface area contributed by atoms with Crippen LogP contribution in [-0.4, -0.2) is 31.7 Å². The van der Waals surface area contributed by atoms with E-state index < -0.39 is 0 Å².